The minimum absolute atomic E-state index is 0. The highest BCUT2D eigenvalue weighted by Gasteiger charge is 2.13. The van der Waals surface area contributed by atoms with Gasteiger partial charge in [-0.05, 0) is 57.8 Å². The van der Waals surface area contributed by atoms with Crippen LogP contribution in [0.25, 0.3) is 0 Å². The molecule has 0 saturated carbocycles. The predicted octanol–water partition coefficient (Wildman–Crippen LogP) is 3.62. The molecule has 0 atom stereocenters. The molecule has 0 amide bonds. The van der Waals surface area contributed by atoms with Crippen LogP contribution in [0.3, 0.4) is 0 Å². The molecule has 1 aromatic heterocycles. The number of nitrogens with zero attached hydrogens (tertiary/aromatic N) is 4. The lowest BCUT2D eigenvalue weighted by Crippen LogP contribution is -2.37. The minimum Gasteiger partial charge on any atom is -0.383 e. The summed E-state index contributed by atoms with van der Waals surface area (Å²) in [6, 6.07) is 8.88. The molecule has 1 aromatic carbocycles. The van der Waals surface area contributed by atoms with E-state index in [4.69, 9.17) is 9.73 Å². The molecule has 1 aliphatic rings. The molecule has 0 radical (unpaired) electrons. The molecule has 32 heavy (non-hydrogen) atoms. The molecular formula is C24H39IN6O. The molecular weight excluding hydrogens is 515 g/mol. The van der Waals surface area contributed by atoms with Gasteiger partial charge in [0, 0.05) is 38.0 Å². The molecule has 2 N–H and O–H groups in total. The van der Waals surface area contributed by atoms with Crippen molar-refractivity contribution in [2.45, 2.75) is 59.8 Å². The summed E-state index contributed by atoms with van der Waals surface area (Å²) < 4.78 is 7.20. The Morgan fingerprint density at radius 3 is 2.44 bits per heavy atom. The van der Waals surface area contributed by atoms with Crippen LogP contribution in [0.5, 0.6) is 0 Å². The Balaban J connectivity index is 0.00000363. The SMILES string of the molecule is CCNC(=NCc1ccc(CN2CCCC2)cc1)NCc1c(C)nn(CCOC)c1C.I. The predicted molar refractivity (Wildman–Crippen MR) is 142 cm³/mol. The second-order valence-corrected chi connectivity index (χ2v) is 8.21. The smallest absolute Gasteiger partial charge is 0.191 e. The van der Waals surface area contributed by atoms with Crippen LogP contribution in [-0.4, -0.2) is 54.0 Å². The zero-order valence-electron chi connectivity index (χ0n) is 20.0. The molecule has 0 bridgehead atoms. The molecule has 2 heterocycles. The van der Waals surface area contributed by atoms with Crippen molar-refractivity contribution in [3.63, 3.8) is 0 Å². The van der Waals surface area contributed by atoms with Gasteiger partial charge in [0.15, 0.2) is 5.96 Å². The second-order valence-electron chi connectivity index (χ2n) is 8.21. The van der Waals surface area contributed by atoms with E-state index in [2.05, 4.69) is 65.7 Å². The zero-order chi connectivity index (χ0) is 22.1. The van der Waals surface area contributed by atoms with Crippen molar-refractivity contribution in [2.24, 2.45) is 4.99 Å². The Morgan fingerprint density at radius 2 is 1.78 bits per heavy atom. The number of rotatable bonds is 10. The van der Waals surface area contributed by atoms with Gasteiger partial charge in [0.05, 0.1) is 25.4 Å². The van der Waals surface area contributed by atoms with Crippen LogP contribution < -0.4 is 10.6 Å². The first-order valence-electron chi connectivity index (χ1n) is 11.4. The molecule has 0 spiro atoms. The number of halogens is 1. The van der Waals surface area contributed by atoms with Crippen molar-refractivity contribution in [1.29, 1.82) is 0 Å². The van der Waals surface area contributed by atoms with Gasteiger partial charge in [-0.15, -0.1) is 24.0 Å². The Hall–Kier alpha value is -1.65. The van der Waals surface area contributed by atoms with E-state index in [9.17, 15) is 0 Å². The minimum atomic E-state index is 0. The number of aliphatic imine (C=N–C) groups is 1. The van der Waals surface area contributed by atoms with Gasteiger partial charge >= 0.3 is 0 Å². The van der Waals surface area contributed by atoms with Crippen molar-refractivity contribution in [2.75, 3.05) is 33.4 Å². The molecule has 7 nitrogen and oxygen atoms in total. The fourth-order valence-electron chi connectivity index (χ4n) is 4.02. The van der Waals surface area contributed by atoms with Crippen LogP contribution in [0.1, 0.15) is 47.8 Å². The fourth-order valence-corrected chi connectivity index (χ4v) is 4.02. The van der Waals surface area contributed by atoms with Crippen molar-refractivity contribution in [1.82, 2.24) is 25.3 Å². The summed E-state index contributed by atoms with van der Waals surface area (Å²) in [7, 11) is 1.72. The Labute approximate surface area is 210 Å². The third kappa shape index (κ3) is 7.74. The summed E-state index contributed by atoms with van der Waals surface area (Å²) in [5.41, 5.74) is 6.04. The normalized spacial score (nSPS) is 14.4. The van der Waals surface area contributed by atoms with E-state index in [0.29, 0.717) is 19.7 Å². The topological polar surface area (TPSA) is 66.7 Å². The third-order valence-corrected chi connectivity index (χ3v) is 5.86. The van der Waals surface area contributed by atoms with E-state index in [1.165, 1.54) is 48.3 Å². The second kappa shape index (κ2) is 13.8. The maximum atomic E-state index is 5.19. The third-order valence-electron chi connectivity index (χ3n) is 5.86. The summed E-state index contributed by atoms with van der Waals surface area (Å²) in [5.74, 6) is 0.826. The molecule has 8 heteroatoms. The van der Waals surface area contributed by atoms with Crippen LogP contribution in [0.2, 0.25) is 0 Å². The maximum Gasteiger partial charge on any atom is 0.191 e. The van der Waals surface area contributed by atoms with Gasteiger partial charge in [-0.2, -0.15) is 5.10 Å². The molecule has 178 valence electrons. The van der Waals surface area contributed by atoms with Gasteiger partial charge in [-0.25, -0.2) is 4.99 Å². The van der Waals surface area contributed by atoms with Crippen molar-refractivity contribution >= 4 is 29.9 Å². The average Bonchev–Trinajstić information content (AvgIpc) is 3.37. The summed E-state index contributed by atoms with van der Waals surface area (Å²) in [6.45, 7) is 13.4. The number of guanidine groups is 1. The van der Waals surface area contributed by atoms with E-state index in [1.807, 2.05) is 4.68 Å². The number of hydrogen-bond acceptors (Lipinski definition) is 4. The highest BCUT2D eigenvalue weighted by atomic mass is 127. The standard InChI is InChI=1S/C24H38N6O.HI/c1-5-25-24(27-17-23-19(2)28-30(20(23)3)14-15-31-4)26-16-21-8-10-22(11-9-21)18-29-12-6-7-13-29;/h8-11H,5-7,12-18H2,1-4H3,(H2,25,26,27);1H. The van der Waals surface area contributed by atoms with E-state index in [-0.39, 0.29) is 24.0 Å². The van der Waals surface area contributed by atoms with Gasteiger partial charge < -0.3 is 15.4 Å². The molecule has 1 fully saturated rings. The lowest BCUT2D eigenvalue weighted by Gasteiger charge is -2.14. The molecule has 1 saturated heterocycles. The van der Waals surface area contributed by atoms with Gasteiger partial charge in [0.1, 0.15) is 0 Å². The highest BCUT2D eigenvalue weighted by molar-refractivity contribution is 14.0. The monoisotopic (exact) mass is 554 g/mol. The van der Waals surface area contributed by atoms with Gasteiger partial charge in [0.25, 0.3) is 0 Å². The van der Waals surface area contributed by atoms with Crippen LogP contribution in [0.15, 0.2) is 29.3 Å². The number of likely N-dealkylation sites (tertiary alicyclic amines) is 1. The van der Waals surface area contributed by atoms with Crippen LogP contribution in [-0.2, 0) is 30.9 Å². The largest absolute Gasteiger partial charge is 0.383 e. The van der Waals surface area contributed by atoms with E-state index >= 15 is 0 Å². The van der Waals surface area contributed by atoms with Crippen LogP contribution in [0, 0.1) is 13.8 Å². The number of aromatic nitrogens is 2. The highest BCUT2D eigenvalue weighted by Crippen LogP contribution is 2.14. The first kappa shape index (κ1) is 26.6. The maximum absolute atomic E-state index is 5.19. The van der Waals surface area contributed by atoms with Crippen LogP contribution >= 0.6 is 24.0 Å². The van der Waals surface area contributed by atoms with Gasteiger partial charge in [-0.3, -0.25) is 9.58 Å². The summed E-state index contributed by atoms with van der Waals surface area (Å²) in [5, 5.41) is 11.5. The van der Waals surface area contributed by atoms with Crippen LogP contribution in [0.4, 0.5) is 0 Å². The van der Waals surface area contributed by atoms with Crippen molar-refractivity contribution in [3.8, 4) is 0 Å². The summed E-state index contributed by atoms with van der Waals surface area (Å²) in [4.78, 5) is 7.31. The number of aryl methyl sites for hydroxylation is 1. The fraction of sp³-hybridized carbons (Fsp3) is 0.583. The van der Waals surface area contributed by atoms with Gasteiger partial charge in [0.2, 0.25) is 0 Å². The summed E-state index contributed by atoms with van der Waals surface area (Å²) >= 11 is 0. The van der Waals surface area contributed by atoms with E-state index in [0.717, 1.165) is 31.3 Å². The van der Waals surface area contributed by atoms with Crippen molar-refractivity contribution in [3.05, 3.63) is 52.3 Å². The molecule has 1 aliphatic heterocycles. The Kier molecular flexibility index (Phi) is 11.5. The van der Waals surface area contributed by atoms with Crippen molar-refractivity contribution < 1.29 is 4.74 Å². The lowest BCUT2D eigenvalue weighted by atomic mass is 10.1. The van der Waals surface area contributed by atoms with E-state index in [1.54, 1.807) is 7.11 Å². The molecule has 2 aromatic rings. The number of benzene rings is 1. The average molecular weight is 555 g/mol. The molecule has 3 rings (SSSR count). The quantitative estimate of drug-likeness (QED) is 0.267. The number of methoxy groups -OCH3 is 1. The zero-order valence-corrected chi connectivity index (χ0v) is 22.3. The van der Waals surface area contributed by atoms with Gasteiger partial charge in [-0.1, -0.05) is 24.3 Å². The molecule has 0 aliphatic carbocycles. The Morgan fingerprint density at radius 1 is 1.09 bits per heavy atom. The number of hydrogen-bond donors (Lipinski definition) is 2. The van der Waals surface area contributed by atoms with E-state index < -0.39 is 0 Å². The lowest BCUT2D eigenvalue weighted by molar-refractivity contribution is 0.182. The molecule has 0 unspecified atom stereocenters. The number of nitrogens with one attached hydrogen (secondary N) is 2. The first-order valence-corrected chi connectivity index (χ1v) is 11.4. The first-order chi connectivity index (χ1) is 15.1. The summed E-state index contributed by atoms with van der Waals surface area (Å²) in [6.07, 6.45) is 2.67. The number of ether oxygens (including phenoxy) is 1. The Bertz CT molecular complexity index is 843.